The first kappa shape index (κ1) is 18.6. The Balaban J connectivity index is 1.20. The summed E-state index contributed by atoms with van der Waals surface area (Å²) in [5, 5.41) is 8.57. The molecule has 0 aliphatic carbocycles. The Kier molecular flexibility index (Phi) is 5.06. The summed E-state index contributed by atoms with van der Waals surface area (Å²) < 4.78 is 3.77. The van der Waals surface area contributed by atoms with E-state index in [0.29, 0.717) is 18.2 Å². The van der Waals surface area contributed by atoms with Crippen molar-refractivity contribution in [2.75, 3.05) is 13.1 Å². The first-order chi connectivity index (χ1) is 14.8. The topological polar surface area (TPSA) is 81.2 Å². The van der Waals surface area contributed by atoms with Crippen LogP contribution in [-0.4, -0.2) is 47.1 Å². The molecule has 4 aromatic rings. The maximum absolute atomic E-state index is 12.6. The number of likely N-dealkylation sites (tertiary alicyclic amines) is 1. The lowest BCUT2D eigenvalue weighted by Gasteiger charge is -2.31. The van der Waals surface area contributed by atoms with Crippen molar-refractivity contribution in [3.63, 3.8) is 0 Å². The van der Waals surface area contributed by atoms with E-state index in [9.17, 15) is 4.79 Å². The molecule has 1 aliphatic heterocycles. The number of hydrogen-bond donors (Lipinski definition) is 0. The van der Waals surface area contributed by atoms with Gasteiger partial charge in [-0.3, -0.25) is 23.6 Å². The zero-order valence-electron chi connectivity index (χ0n) is 16.6. The summed E-state index contributed by atoms with van der Waals surface area (Å²) in [6, 6.07) is 11.3. The van der Waals surface area contributed by atoms with Gasteiger partial charge < -0.3 is 0 Å². The molecule has 5 rings (SSSR count). The lowest BCUT2D eigenvalue weighted by atomic mass is 9.96. The number of nitrogens with zero attached hydrogens (tertiary/aromatic N) is 7. The van der Waals surface area contributed by atoms with E-state index in [-0.39, 0.29) is 5.56 Å². The lowest BCUT2D eigenvalue weighted by Crippen LogP contribution is -2.36. The summed E-state index contributed by atoms with van der Waals surface area (Å²) in [6.07, 6.45) is 9.20. The molecule has 30 heavy (non-hydrogen) atoms. The van der Waals surface area contributed by atoms with Crippen LogP contribution in [0.2, 0.25) is 0 Å². The highest BCUT2D eigenvalue weighted by atomic mass is 16.1. The van der Waals surface area contributed by atoms with E-state index in [2.05, 4.69) is 25.1 Å². The van der Waals surface area contributed by atoms with Crippen molar-refractivity contribution < 1.29 is 0 Å². The smallest absolute Gasteiger partial charge is 0.253 e. The van der Waals surface area contributed by atoms with Gasteiger partial charge in [-0.05, 0) is 56.1 Å². The van der Waals surface area contributed by atoms with E-state index in [1.54, 1.807) is 29.4 Å². The molecular formula is C22H23N7O. The van der Waals surface area contributed by atoms with Gasteiger partial charge in [0.1, 0.15) is 0 Å². The fourth-order valence-corrected chi connectivity index (χ4v) is 4.04. The van der Waals surface area contributed by atoms with Crippen LogP contribution < -0.4 is 5.56 Å². The second kappa shape index (κ2) is 8.16. The van der Waals surface area contributed by atoms with Gasteiger partial charge >= 0.3 is 0 Å². The highest BCUT2D eigenvalue weighted by molar-refractivity contribution is 5.56. The van der Waals surface area contributed by atoms with Crippen molar-refractivity contribution in [3.05, 3.63) is 77.5 Å². The summed E-state index contributed by atoms with van der Waals surface area (Å²) in [4.78, 5) is 23.5. The normalized spacial score (nSPS) is 15.6. The minimum absolute atomic E-state index is 0.0128. The largest absolute Gasteiger partial charge is 0.299 e. The molecule has 0 saturated carbocycles. The molecule has 0 N–H and O–H groups in total. The van der Waals surface area contributed by atoms with Gasteiger partial charge in [0.2, 0.25) is 0 Å². The maximum Gasteiger partial charge on any atom is 0.253 e. The fraction of sp³-hybridized carbons (Fsp3) is 0.318. The molecule has 0 radical (unpaired) electrons. The van der Waals surface area contributed by atoms with Crippen LogP contribution >= 0.6 is 0 Å². The number of pyridine rings is 2. The molecule has 0 amide bonds. The van der Waals surface area contributed by atoms with Crippen LogP contribution in [0.5, 0.6) is 0 Å². The summed E-state index contributed by atoms with van der Waals surface area (Å²) in [5.74, 6) is 1.44. The van der Waals surface area contributed by atoms with E-state index in [4.69, 9.17) is 0 Å². The van der Waals surface area contributed by atoms with Gasteiger partial charge in [0.15, 0.2) is 11.5 Å². The first-order valence-electron chi connectivity index (χ1n) is 10.2. The molecule has 8 nitrogen and oxygen atoms in total. The van der Waals surface area contributed by atoms with Gasteiger partial charge in [-0.15, -0.1) is 10.2 Å². The molecule has 0 aromatic carbocycles. The average Bonchev–Trinajstić information content (AvgIpc) is 3.20. The van der Waals surface area contributed by atoms with E-state index >= 15 is 0 Å². The Hall–Kier alpha value is -3.39. The molecule has 8 heteroatoms. The van der Waals surface area contributed by atoms with Crippen molar-refractivity contribution in [2.45, 2.75) is 25.9 Å². The zero-order chi connectivity index (χ0) is 20.3. The van der Waals surface area contributed by atoms with Gasteiger partial charge in [0.05, 0.1) is 18.6 Å². The molecule has 152 valence electrons. The Morgan fingerprint density at radius 2 is 1.97 bits per heavy atom. The molecule has 1 saturated heterocycles. The predicted octanol–water partition coefficient (Wildman–Crippen LogP) is 2.26. The van der Waals surface area contributed by atoms with E-state index in [0.717, 1.165) is 49.5 Å². The molecule has 0 unspecified atom stereocenters. The summed E-state index contributed by atoms with van der Waals surface area (Å²) in [5.41, 5.74) is 2.39. The number of aromatic nitrogens is 6. The van der Waals surface area contributed by atoms with Crippen LogP contribution in [0.3, 0.4) is 0 Å². The Morgan fingerprint density at radius 3 is 2.77 bits per heavy atom. The molecule has 5 heterocycles. The second-order valence-corrected chi connectivity index (χ2v) is 7.77. The quantitative estimate of drug-likeness (QED) is 0.510. The summed E-state index contributed by atoms with van der Waals surface area (Å²) in [7, 11) is 0. The third-order valence-electron chi connectivity index (χ3n) is 5.75. The average molecular weight is 401 g/mol. The van der Waals surface area contributed by atoms with Crippen molar-refractivity contribution in [3.8, 4) is 11.3 Å². The van der Waals surface area contributed by atoms with Crippen molar-refractivity contribution >= 4 is 5.65 Å². The van der Waals surface area contributed by atoms with Crippen molar-refractivity contribution in [1.29, 1.82) is 0 Å². The maximum atomic E-state index is 12.6. The summed E-state index contributed by atoms with van der Waals surface area (Å²) >= 11 is 0. The third-order valence-corrected chi connectivity index (χ3v) is 5.75. The summed E-state index contributed by atoms with van der Waals surface area (Å²) in [6.45, 7) is 3.48. The minimum atomic E-state index is -0.0128. The van der Waals surface area contributed by atoms with Crippen LogP contribution in [0.25, 0.3) is 16.9 Å². The van der Waals surface area contributed by atoms with Crippen LogP contribution in [0.1, 0.15) is 18.7 Å². The van der Waals surface area contributed by atoms with Crippen LogP contribution in [0.15, 0.2) is 66.1 Å². The Bertz CT molecular complexity index is 1190. The molecular weight excluding hydrogens is 378 g/mol. The third kappa shape index (κ3) is 3.86. The van der Waals surface area contributed by atoms with Crippen LogP contribution in [0, 0.1) is 5.92 Å². The van der Waals surface area contributed by atoms with Gasteiger partial charge in [-0.2, -0.15) is 0 Å². The van der Waals surface area contributed by atoms with Crippen LogP contribution in [-0.2, 0) is 13.1 Å². The van der Waals surface area contributed by atoms with E-state index < -0.39 is 0 Å². The first-order valence-corrected chi connectivity index (χ1v) is 10.2. The molecule has 1 fully saturated rings. The highest BCUT2D eigenvalue weighted by Crippen LogP contribution is 2.20. The second-order valence-electron chi connectivity index (χ2n) is 7.77. The van der Waals surface area contributed by atoms with Crippen molar-refractivity contribution in [2.24, 2.45) is 5.92 Å². The van der Waals surface area contributed by atoms with Crippen LogP contribution in [0.4, 0.5) is 0 Å². The molecule has 0 bridgehead atoms. The van der Waals surface area contributed by atoms with Gasteiger partial charge in [0, 0.05) is 36.8 Å². The Morgan fingerprint density at radius 1 is 1.07 bits per heavy atom. The fourth-order valence-electron chi connectivity index (χ4n) is 4.04. The molecule has 4 aromatic heterocycles. The van der Waals surface area contributed by atoms with Gasteiger partial charge in [-0.25, -0.2) is 4.98 Å². The molecule has 0 atom stereocenters. The SMILES string of the molecule is O=c1cc(-c2cccnc2)ncn1CC1CCN(Cc2nnc3ccccn23)CC1. The molecule has 0 spiro atoms. The number of rotatable bonds is 5. The van der Waals surface area contributed by atoms with Crippen molar-refractivity contribution in [1.82, 2.24) is 34.0 Å². The van der Waals surface area contributed by atoms with Gasteiger partial charge in [-0.1, -0.05) is 6.07 Å². The minimum Gasteiger partial charge on any atom is -0.299 e. The number of piperidine rings is 1. The van der Waals surface area contributed by atoms with E-state index in [1.807, 2.05) is 40.9 Å². The zero-order valence-corrected chi connectivity index (χ0v) is 16.6. The molecule has 1 aliphatic rings. The Labute approximate surface area is 173 Å². The standard InChI is InChI=1S/C22H23N7O/c30-22-12-19(18-4-3-8-23-13-18)24-16-28(22)14-17-6-10-27(11-7-17)15-21-26-25-20-5-1-2-9-29(20)21/h1-5,8-9,12-13,16-17H,6-7,10-11,14-15H2. The lowest BCUT2D eigenvalue weighted by molar-refractivity contribution is 0.162. The predicted molar refractivity (Wildman–Crippen MR) is 113 cm³/mol. The number of fused-ring (bicyclic) bond motifs is 1. The monoisotopic (exact) mass is 401 g/mol. The highest BCUT2D eigenvalue weighted by Gasteiger charge is 2.21. The number of hydrogen-bond acceptors (Lipinski definition) is 6. The van der Waals surface area contributed by atoms with E-state index in [1.165, 1.54) is 0 Å². The van der Waals surface area contributed by atoms with Gasteiger partial charge in [0.25, 0.3) is 5.56 Å².